The third-order valence-electron chi connectivity index (χ3n) is 5.97. The largest absolute Gasteiger partial charge is 0.207 e. The molecule has 3 heteroatoms. The van der Waals surface area contributed by atoms with Gasteiger partial charge in [-0.05, 0) is 41.4 Å². The molecule has 0 aliphatic rings. The van der Waals surface area contributed by atoms with Crippen molar-refractivity contribution in [1.82, 2.24) is 0 Å². The van der Waals surface area contributed by atoms with E-state index in [1.165, 1.54) is 42.4 Å². The Balaban J connectivity index is 2.66. The molecule has 0 radical (unpaired) electrons. The van der Waals surface area contributed by atoms with E-state index in [9.17, 15) is 8.78 Å². The van der Waals surface area contributed by atoms with Crippen molar-refractivity contribution >= 4 is 8.07 Å². The summed E-state index contributed by atoms with van der Waals surface area (Å²) in [5.74, 6) is -0.489. The predicted molar refractivity (Wildman–Crippen MR) is 106 cm³/mol. The average Bonchev–Trinajstić information content (AvgIpc) is 2.65. The van der Waals surface area contributed by atoms with Gasteiger partial charge >= 0.3 is 0 Å². The molecule has 2 aromatic rings. The Morgan fingerprint density at radius 1 is 0.800 bits per heavy atom. The fourth-order valence-corrected chi connectivity index (χ4v) is 7.88. The highest BCUT2D eigenvalue weighted by Gasteiger charge is 2.40. The first-order chi connectivity index (χ1) is 11.9. The molecule has 0 saturated carbocycles. The standard InChI is InChI=1S/C22H28F2Si/c1-5-22(17-25(6-2,7-3)8-4,18-9-13-20(23)14-10-18)19-11-15-21(24)16-12-19/h5,9-16H,1,6-8,17H2,2-4H3. The maximum Gasteiger partial charge on any atom is 0.123 e. The summed E-state index contributed by atoms with van der Waals surface area (Å²) in [5, 5.41) is 0. The van der Waals surface area contributed by atoms with E-state index in [2.05, 4.69) is 27.4 Å². The van der Waals surface area contributed by atoms with Crippen LogP contribution in [0, 0.1) is 11.6 Å². The smallest absolute Gasteiger partial charge is 0.123 e. The SMILES string of the molecule is C=CC(C[Si](CC)(CC)CC)(c1ccc(F)cc1)c1ccc(F)cc1. The molecule has 2 rings (SSSR count). The minimum Gasteiger partial charge on any atom is -0.207 e. The first-order valence-corrected chi connectivity index (χ1v) is 11.9. The summed E-state index contributed by atoms with van der Waals surface area (Å²) in [6.07, 6.45) is 1.98. The van der Waals surface area contributed by atoms with Crippen LogP contribution in [0.5, 0.6) is 0 Å². The molecule has 0 amide bonds. The molecule has 0 bridgehead atoms. The number of halogens is 2. The van der Waals surface area contributed by atoms with Crippen LogP contribution in [0.3, 0.4) is 0 Å². The van der Waals surface area contributed by atoms with Crippen molar-refractivity contribution in [2.45, 2.75) is 50.4 Å². The van der Waals surface area contributed by atoms with Crippen LogP contribution in [0.25, 0.3) is 0 Å². The Bertz CT molecular complexity index is 631. The maximum atomic E-state index is 13.5. The Morgan fingerprint density at radius 2 is 1.16 bits per heavy atom. The normalized spacial score (nSPS) is 12.2. The molecule has 0 atom stereocenters. The van der Waals surface area contributed by atoms with E-state index in [1.807, 2.05) is 30.3 Å². The quantitative estimate of drug-likeness (QED) is 0.354. The van der Waals surface area contributed by atoms with E-state index in [1.54, 1.807) is 0 Å². The monoisotopic (exact) mass is 358 g/mol. The maximum absolute atomic E-state index is 13.5. The zero-order valence-corrected chi connectivity index (χ0v) is 16.5. The van der Waals surface area contributed by atoms with Crippen molar-refractivity contribution in [3.63, 3.8) is 0 Å². The summed E-state index contributed by atoms with van der Waals surface area (Å²) in [5.41, 5.74) is 1.65. The highest BCUT2D eigenvalue weighted by molar-refractivity contribution is 6.80. The zero-order chi connectivity index (χ0) is 18.5. The molecule has 0 saturated heterocycles. The summed E-state index contributed by atoms with van der Waals surface area (Å²) in [4.78, 5) is 0. The number of hydrogen-bond donors (Lipinski definition) is 0. The van der Waals surface area contributed by atoms with Gasteiger partial charge in [-0.2, -0.15) is 0 Å². The lowest BCUT2D eigenvalue weighted by Crippen LogP contribution is -2.41. The molecule has 0 aliphatic heterocycles. The molecule has 0 nitrogen and oxygen atoms in total. The minimum atomic E-state index is -1.53. The van der Waals surface area contributed by atoms with Gasteiger partial charge in [-0.25, -0.2) is 8.78 Å². The third-order valence-corrected chi connectivity index (χ3v) is 11.8. The predicted octanol–water partition coefficient (Wildman–Crippen LogP) is 6.95. The van der Waals surface area contributed by atoms with Crippen molar-refractivity contribution in [2.24, 2.45) is 0 Å². The number of rotatable bonds is 8. The van der Waals surface area contributed by atoms with Gasteiger partial charge in [0, 0.05) is 5.41 Å². The van der Waals surface area contributed by atoms with E-state index in [0.717, 1.165) is 17.2 Å². The van der Waals surface area contributed by atoms with Crippen molar-refractivity contribution in [3.05, 3.63) is 83.9 Å². The zero-order valence-electron chi connectivity index (χ0n) is 15.5. The van der Waals surface area contributed by atoms with E-state index < -0.39 is 13.5 Å². The lowest BCUT2D eigenvalue weighted by molar-refractivity contribution is 0.619. The molecule has 2 aromatic carbocycles. The van der Waals surface area contributed by atoms with E-state index in [-0.39, 0.29) is 11.6 Å². The van der Waals surface area contributed by atoms with Gasteiger partial charge in [0.05, 0.1) is 8.07 Å². The van der Waals surface area contributed by atoms with Crippen LogP contribution in [0.2, 0.25) is 24.2 Å². The summed E-state index contributed by atoms with van der Waals surface area (Å²) in [7, 11) is -1.53. The highest BCUT2D eigenvalue weighted by Crippen LogP contribution is 2.44. The van der Waals surface area contributed by atoms with Gasteiger partial charge in [0.15, 0.2) is 0 Å². The summed E-state index contributed by atoms with van der Waals surface area (Å²) in [6, 6.07) is 18.0. The van der Waals surface area contributed by atoms with E-state index >= 15 is 0 Å². The van der Waals surface area contributed by atoms with Crippen LogP contribution in [0.1, 0.15) is 31.9 Å². The lowest BCUT2D eigenvalue weighted by atomic mass is 9.76. The molecular formula is C22H28F2Si. The third kappa shape index (κ3) is 3.92. The van der Waals surface area contributed by atoms with Crippen LogP contribution < -0.4 is 0 Å². The second-order valence-electron chi connectivity index (χ2n) is 6.93. The van der Waals surface area contributed by atoms with Crippen molar-refractivity contribution in [3.8, 4) is 0 Å². The molecule has 0 aromatic heterocycles. The molecule has 134 valence electrons. The fourth-order valence-electron chi connectivity index (χ4n) is 3.89. The number of hydrogen-bond acceptors (Lipinski definition) is 0. The summed E-state index contributed by atoms with van der Waals surface area (Å²) in [6.45, 7) is 11.0. The number of benzene rings is 2. The van der Waals surface area contributed by atoms with Gasteiger partial charge in [0.2, 0.25) is 0 Å². The minimum absolute atomic E-state index is 0.245. The van der Waals surface area contributed by atoms with Crippen molar-refractivity contribution in [1.29, 1.82) is 0 Å². The molecule has 0 fully saturated rings. The highest BCUT2D eigenvalue weighted by atomic mass is 28.3. The molecule has 0 heterocycles. The second-order valence-corrected chi connectivity index (χ2v) is 12.4. The van der Waals surface area contributed by atoms with Crippen molar-refractivity contribution < 1.29 is 8.78 Å². The Labute approximate surface area is 151 Å². The molecule has 0 N–H and O–H groups in total. The molecule has 0 spiro atoms. The van der Waals surface area contributed by atoms with Gasteiger partial charge < -0.3 is 0 Å². The average molecular weight is 359 g/mol. The Morgan fingerprint density at radius 3 is 1.44 bits per heavy atom. The fraction of sp³-hybridized carbons (Fsp3) is 0.364. The topological polar surface area (TPSA) is 0 Å². The van der Waals surface area contributed by atoms with Gasteiger partial charge in [0.1, 0.15) is 11.6 Å². The molecule has 25 heavy (non-hydrogen) atoms. The van der Waals surface area contributed by atoms with Crippen molar-refractivity contribution in [2.75, 3.05) is 0 Å². The number of allylic oxidation sites excluding steroid dienone is 1. The van der Waals surface area contributed by atoms with Gasteiger partial charge in [-0.3, -0.25) is 0 Å². The van der Waals surface area contributed by atoms with E-state index in [4.69, 9.17) is 0 Å². The Hall–Kier alpha value is -1.74. The summed E-state index contributed by atoms with van der Waals surface area (Å²) >= 11 is 0. The molecular weight excluding hydrogens is 330 g/mol. The van der Waals surface area contributed by atoms with Crippen LogP contribution >= 0.6 is 0 Å². The first-order valence-electron chi connectivity index (χ1n) is 9.11. The van der Waals surface area contributed by atoms with E-state index in [0.29, 0.717) is 0 Å². The van der Waals surface area contributed by atoms with Crippen LogP contribution in [0.15, 0.2) is 61.2 Å². The van der Waals surface area contributed by atoms with Gasteiger partial charge in [-0.15, -0.1) is 6.58 Å². The Kier molecular flexibility index (Phi) is 6.34. The molecule has 0 aliphatic carbocycles. The lowest BCUT2D eigenvalue weighted by Gasteiger charge is -2.41. The summed E-state index contributed by atoms with van der Waals surface area (Å²) < 4.78 is 27.0. The first kappa shape index (κ1) is 19.6. The van der Waals surface area contributed by atoms with Crippen LogP contribution in [0.4, 0.5) is 8.78 Å². The second kappa shape index (κ2) is 8.09. The van der Waals surface area contributed by atoms with Gasteiger partial charge in [0.25, 0.3) is 0 Å². The van der Waals surface area contributed by atoms with Gasteiger partial charge in [-0.1, -0.05) is 69.2 Å². The van der Waals surface area contributed by atoms with Crippen LogP contribution in [-0.2, 0) is 5.41 Å². The molecule has 0 unspecified atom stereocenters. The van der Waals surface area contributed by atoms with Crippen LogP contribution in [-0.4, -0.2) is 8.07 Å².